The Kier molecular flexibility index (Phi) is 11.7. The molecule has 0 aliphatic rings. The van der Waals surface area contributed by atoms with Gasteiger partial charge in [0.25, 0.3) is 5.69 Å². The summed E-state index contributed by atoms with van der Waals surface area (Å²) in [5.41, 5.74) is -0.0629. The molecule has 1 radical (unpaired) electrons. The van der Waals surface area contributed by atoms with Crippen molar-refractivity contribution in [2.45, 2.75) is 45.0 Å². The molecule has 0 saturated carbocycles. The number of nitrogens with zero attached hydrogens (tertiary/aromatic N) is 1. The Balaban J connectivity index is 0.00000612. The number of methoxy groups -OCH3 is 1. The third kappa shape index (κ3) is 10.8. The van der Waals surface area contributed by atoms with Gasteiger partial charge in [0, 0.05) is 12.1 Å². The van der Waals surface area contributed by atoms with Gasteiger partial charge in [-0.3, -0.25) is 16.5 Å². The van der Waals surface area contributed by atoms with Crippen molar-refractivity contribution in [3.63, 3.8) is 0 Å². The van der Waals surface area contributed by atoms with Gasteiger partial charge in [-0.15, -0.1) is 0 Å². The van der Waals surface area contributed by atoms with Crippen molar-refractivity contribution in [1.82, 2.24) is 0 Å². The molecule has 2 atom stereocenters. The van der Waals surface area contributed by atoms with E-state index in [1.165, 1.54) is 24.3 Å². The fourth-order valence-corrected chi connectivity index (χ4v) is 2.62. The number of carbonyl (C=O) groups is 2. The molecule has 0 aliphatic carbocycles. The second-order valence-electron chi connectivity index (χ2n) is 8.09. The standard InChI is InChI=1S/C24H27NO9.Nb/c1-16(31-23(27)34-24(2,3)4)21(15-8-17-6-11-19(30-5)12-7-17)33-22(26)32-20-13-9-18(10-14-20)25(28)29;/h6-7,9-16,21H,1,8H2,2-5H3;/q-2;+2/t16-,21-;/m0./s1. The van der Waals surface area contributed by atoms with E-state index in [1.54, 1.807) is 46.4 Å². The van der Waals surface area contributed by atoms with E-state index in [-0.39, 0.29) is 33.8 Å². The average molecular weight is 566 g/mol. The molecule has 0 unspecified atom stereocenters. The molecular formula is C24H27NNbO9. The molecule has 2 aromatic rings. The first-order valence-electron chi connectivity index (χ1n) is 10.3. The maximum absolute atomic E-state index is 12.3. The number of nitro groups is 1. The van der Waals surface area contributed by atoms with Gasteiger partial charge in [-0.2, -0.15) is 6.42 Å². The third-order valence-electron chi connectivity index (χ3n) is 4.23. The molecule has 0 saturated heterocycles. The molecule has 0 heterocycles. The summed E-state index contributed by atoms with van der Waals surface area (Å²) in [4.78, 5) is 34.6. The summed E-state index contributed by atoms with van der Waals surface area (Å²) in [5.74, 6) is 0.727. The van der Waals surface area contributed by atoms with Crippen LogP contribution < -0.4 is 9.47 Å². The molecule has 0 N–H and O–H groups in total. The first-order valence-corrected chi connectivity index (χ1v) is 10.3. The Bertz CT molecular complexity index is 972. The van der Waals surface area contributed by atoms with E-state index < -0.39 is 35.0 Å². The van der Waals surface area contributed by atoms with Gasteiger partial charge in [0.05, 0.1) is 12.0 Å². The van der Waals surface area contributed by atoms with Gasteiger partial charge in [-0.1, -0.05) is 17.7 Å². The molecule has 35 heavy (non-hydrogen) atoms. The topological polar surface area (TPSA) is 123 Å². The molecular weight excluding hydrogens is 539 g/mol. The summed E-state index contributed by atoms with van der Waals surface area (Å²) in [7, 11) is 1.56. The summed E-state index contributed by atoms with van der Waals surface area (Å²) in [6, 6.07) is 12.1. The van der Waals surface area contributed by atoms with Crippen LogP contribution in [-0.4, -0.2) is 42.2 Å². The molecule has 0 amide bonds. The Morgan fingerprint density at radius 1 is 1.00 bits per heavy atom. The van der Waals surface area contributed by atoms with Crippen LogP contribution in [0.5, 0.6) is 11.5 Å². The minimum atomic E-state index is -1.14. The normalized spacial score (nSPS) is 12.4. The van der Waals surface area contributed by atoms with E-state index in [9.17, 15) is 19.7 Å². The SMILES string of the molecule is [CH2-][C@H](OC(=O)OC(C)(C)C)[C@H]([CH-]Cc1ccc(OC)cc1)OC(=O)Oc1ccc([N+](=O)[O-])cc1.[Nb+2]. The molecule has 0 bridgehead atoms. The van der Waals surface area contributed by atoms with Crippen molar-refractivity contribution in [2.24, 2.45) is 0 Å². The summed E-state index contributed by atoms with van der Waals surface area (Å²) < 4.78 is 25.8. The monoisotopic (exact) mass is 566 g/mol. The van der Waals surface area contributed by atoms with Gasteiger partial charge in [0.1, 0.15) is 17.1 Å². The molecule has 0 spiro atoms. The van der Waals surface area contributed by atoms with E-state index in [0.29, 0.717) is 12.2 Å². The Morgan fingerprint density at radius 3 is 2.09 bits per heavy atom. The second kappa shape index (κ2) is 13.7. The van der Waals surface area contributed by atoms with Crippen LogP contribution in [0.2, 0.25) is 0 Å². The van der Waals surface area contributed by atoms with Crippen LogP contribution in [0.15, 0.2) is 48.5 Å². The summed E-state index contributed by atoms with van der Waals surface area (Å²) in [5, 5.41) is 10.8. The minimum absolute atomic E-state index is 0. The summed E-state index contributed by atoms with van der Waals surface area (Å²) >= 11 is 0. The zero-order valence-electron chi connectivity index (χ0n) is 19.8. The quantitative estimate of drug-likeness (QED) is 0.102. The molecule has 2 aromatic carbocycles. The molecule has 0 aliphatic heterocycles. The van der Waals surface area contributed by atoms with Crippen molar-refractivity contribution in [3.8, 4) is 11.5 Å². The number of ether oxygens (including phenoxy) is 5. The fourth-order valence-electron chi connectivity index (χ4n) is 2.62. The summed E-state index contributed by atoms with van der Waals surface area (Å²) in [6.45, 7) is 8.79. The van der Waals surface area contributed by atoms with Crippen molar-refractivity contribution in [2.75, 3.05) is 7.11 Å². The Labute approximate surface area is 219 Å². The van der Waals surface area contributed by atoms with Crippen molar-refractivity contribution >= 4 is 18.0 Å². The van der Waals surface area contributed by atoms with Gasteiger partial charge >= 0.3 is 34.7 Å². The molecule has 11 heteroatoms. The minimum Gasteiger partial charge on any atom is -0.497 e. The predicted octanol–water partition coefficient (Wildman–Crippen LogP) is 5.09. The van der Waals surface area contributed by atoms with Crippen LogP contribution in [0, 0.1) is 23.5 Å². The number of hydrogen-bond donors (Lipinski definition) is 0. The number of benzene rings is 2. The largest absolute Gasteiger partial charge is 2.00 e. The van der Waals surface area contributed by atoms with Crippen molar-refractivity contribution in [3.05, 3.63) is 77.6 Å². The zero-order chi connectivity index (χ0) is 25.3. The number of carbonyl (C=O) groups excluding carboxylic acids is 2. The maximum Gasteiger partial charge on any atom is 2.00 e. The van der Waals surface area contributed by atoms with E-state index in [0.717, 1.165) is 5.56 Å². The number of hydrogen-bond acceptors (Lipinski definition) is 9. The van der Waals surface area contributed by atoms with Crippen LogP contribution >= 0.6 is 0 Å². The predicted molar refractivity (Wildman–Crippen MR) is 121 cm³/mol. The van der Waals surface area contributed by atoms with Crippen LogP contribution in [0.4, 0.5) is 15.3 Å². The maximum atomic E-state index is 12.3. The van der Waals surface area contributed by atoms with Crippen LogP contribution in [0.25, 0.3) is 0 Å². The molecule has 0 aromatic heterocycles. The van der Waals surface area contributed by atoms with Gasteiger partial charge in [-0.25, -0.2) is 9.59 Å². The summed E-state index contributed by atoms with van der Waals surface area (Å²) in [6.07, 6.45) is -2.35. The molecule has 10 nitrogen and oxygen atoms in total. The number of non-ortho nitro benzene ring substituents is 1. The first kappa shape index (κ1) is 30.0. The van der Waals surface area contributed by atoms with E-state index in [2.05, 4.69) is 6.92 Å². The average Bonchev–Trinajstić information content (AvgIpc) is 2.75. The number of nitro benzene ring substituents is 1. The van der Waals surface area contributed by atoms with Gasteiger partial charge in [-0.05, 0) is 57.2 Å². The van der Waals surface area contributed by atoms with E-state index in [1.807, 2.05) is 12.1 Å². The van der Waals surface area contributed by atoms with Crippen molar-refractivity contribution < 1.29 is 60.6 Å². The van der Waals surface area contributed by atoms with Crippen molar-refractivity contribution in [1.29, 1.82) is 0 Å². The first-order chi connectivity index (χ1) is 16.0. The van der Waals surface area contributed by atoms with Crippen LogP contribution in [0.1, 0.15) is 26.3 Å². The smallest absolute Gasteiger partial charge is 0.497 e. The molecule has 187 valence electrons. The van der Waals surface area contributed by atoms with Gasteiger partial charge in [0.2, 0.25) is 0 Å². The van der Waals surface area contributed by atoms with Crippen LogP contribution in [-0.2, 0) is 43.0 Å². The van der Waals surface area contributed by atoms with E-state index in [4.69, 9.17) is 23.7 Å². The van der Waals surface area contributed by atoms with E-state index >= 15 is 0 Å². The van der Waals surface area contributed by atoms with Gasteiger partial charge < -0.3 is 30.6 Å². The number of rotatable bonds is 9. The zero-order valence-corrected chi connectivity index (χ0v) is 22.0. The van der Waals surface area contributed by atoms with Crippen LogP contribution in [0.3, 0.4) is 0 Å². The van der Waals surface area contributed by atoms with Gasteiger partial charge in [0.15, 0.2) is 0 Å². The molecule has 0 fully saturated rings. The second-order valence-corrected chi connectivity index (χ2v) is 8.09. The Hall–Kier alpha value is -3.08. The fraction of sp³-hybridized carbons (Fsp3) is 0.333. The Morgan fingerprint density at radius 2 is 1.57 bits per heavy atom. The third-order valence-corrected chi connectivity index (χ3v) is 4.23. The molecule has 2 rings (SSSR count).